The molecule has 0 bridgehead atoms. The van der Waals surface area contributed by atoms with Crippen LogP contribution in [0.15, 0.2) is 53.4 Å². The van der Waals surface area contributed by atoms with Crippen molar-refractivity contribution in [1.29, 1.82) is 0 Å². The van der Waals surface area contributed by atoms with Gasteiger partial charge in [0.15, 0.2) is 0 Å². The number of carbonyl (C=O) groups is 1. The molecule has 1 heterocycles. The van der Waals surface area contributed by atoms with Crippen molar-refractivity contribution in [3.05, 3.63) is 59.9 Å². The van der Waals surface area contributed by atoms with Gasteiger partial charge in [0.05, 0.1) is 17.1 Å². The Kier molecular flexibility index (Phi) is 5.76. The molecule has 0 unspecified atom stereocenters. The maximum absolute atomic E-state index is 13.8. The number of benzene rings is 2. The lowest BCUT2D eigenvalue weighted by atomic mass is 10.2. The molecule has 8 heteroatoms. The zero-order valence-electron chi connectivity index (χ0n) is 15.1. The molecule has 2 aromatic rings. The summed E-state index contributed by atoms with van der Waals surface area (Å²) in [6.45, 7) is 2.85. The van der Waals surface area contributed by atoms with Crippen LogP contribution in [0.4, 0.5) is 10.1 Å². The summed E-state index contributed by atoms with van der Waals surface area (Å²) < 4.78 is 40.4. The van der Waals surface area contributed by atoms with Gasteiger partial charge >= 0.3 is 0 Å². The van der Waals surface area contributed by atoms with E-state index in [0.29, 0.717) is 13.1 Å². The zero-order chi connectivity index (χ0) is 19.4. The summed E-state index contributed by atoms with van der Waals surface area (Å²) in [6, 6.07) is 13.0. The quantitative estimate of drug-likeness (QED) is 0.847. The highest BCUT2D eigenvalue weighted by atomic mass is 32.2. The van der Waals surface area contributed by atoms with Crippen molar-refractivity contribution in [2.75, 3.05) is 38.0 Å². The molecule has 0 atom stereocenters. The highest BCUT2D eigenvalue weighted by Gasteiger charge is 2.29. The average Bonchev–Trinajstić information content (AvgIpc) is 2.68. The summed E-state index contributed by atoms with van der Waals surface area (Å²) >= 11 is 0. The first-order valence-electron chi connectivity index (χ1n) is 8.71. The Hall–Kier alpha value is -2.45. The molecule has 0 aliphatic carbocycles. The molecule has 6 nitrogen and oxygen atoms in total. The van der Waals surface area contributed by atoms with Gasteiger partial charge in [-0.3, -0.25) is 4.79 Å². The third-order valence-corrected chi connectivity index (χ3v) is 6.44. The lowest BCUT2D eigenvalue weighted by Crippen LogP contribution is -2.51. The molecular weight excluding hydrogens is 369 g/mol. The summed E-state index contributed by atoms with van der Waals surface area (Å²) in [5.41, 5.74) is 1.08. The minimum Gasteiger partial charge on any atom is -0.374 e. The van der Waals surface area contributed by atoms with Gasteiger partial charge in [0.1, 0.15) is 5.82 Å². The van der Waals surface area contributed by atoms with Crippen LogP contribution in [0.2, 0.25) is 0 Å². The molecule has 144 valence electrons. The molecule has 27 heavy (non-hydrogen) atoms. The minimum absolute atomic E-state index is 0.0363. The summed E-state index contributed by atoms with van der Waals surface area (Å²) in [7, 11) is -3.55. The van der Waals surface area contributed by atoms with Gasteiger partial charge in [0, 0.05) is 26.2 Å². The van der Waals surface area contributed by atoms with E-state index in [4.69, 9.17) is 0 Å². The van der Waals surface area contributed by atoms with Gasteiger partial charge in [-0.2, -0.15) is 4.31 Å². The summed E-state index contributed by atoms with van der Waals surface area (Å²) in [6.07, 6.45) is 0. The van der Waals surface area contributed by atoms with E-state index in [-0.39, 0.29) is 36.1 Å². The SMILES string of the molecule is Cc1ccc(NCC(=O)N2CCN(S(=O)(=O)c3ccccc3)CC2)c(F)c1. The molecule has 1 fully saturated rings. The molecule has 1 aliphatic heterocycles. The van der Waals surface area contributed by atoms with E-state index in [1.165, 1.54) is 10.4 Å². The van der Waals surface area contributed by atoms with E-state index in [1.54, 1.807) is 54.3 Å². The number of hydrogen-bond donors (Lipinski definition) is 1. The average molecular weight is 391 g/mol. The Bertz CT molecular complexity index is 911. The van der Waals surface area contributed by atoms with E-state index >= 15 is 0 Å². The third-order valence-electron chi connectivity index (χ3n) is 4.53. The number of halogens is 1. The van der Waals surface area contributed by atoms with Gasteiger partial charge < -0.3 is 10.2 Å². The highest BCUT2D eigenvalue weighted by Crippen LogP contribution is 2.18. The molecule has 0 radical (unpaired) electrons. The number of amides is 1. The van der Waals surface area contributed by atoms with Gasteiger partial charge in [-0.05, 0) is 36.8 Å². The summed E-state index contributed by atoms with van der Waals surface area (Å²) in [5, 5.41) is 2.81. The van der Waals surface area contributed by atoms with Crippen molar-refractivity contribution in [1.82, 2.24) is 9.21 Å². The number of anilines is 1. The predicted octanol–water partition coefficient (Wildman–Crippen LogP) is 2.08. The van der Waals surface area contributed by atoms with Crippen molar-refractivity contribution < 1.29 is 17.6 Å². The Morgan fingerprint density at radius 3 is 2.37 bits per heavy atom. The molecule has 0 aromatic heterocycles. The molecule has 1 amide bonds. The summed E-state index contributed by atoms with van der Waals surface area (Å²) in [5.74, 6) is -0.590. The molecule has 3 rings (SSSR count). The van der Waals surface area contributed by atoms with Crippen molar-refractivity contribution in [3.63, 3.8) is 0 Å². The normalized spacial score (nSPS) is 15.6. The second kappa shape index (κ2) is 8.06. The topological polar surface area (TPSA) is 69.7 Å². The van der Waals surface area contributed by atoms with E-state index in [2.05, 4.69) is 5.32 Å². The Balaban J connectivity index is 1.55. The number of hydrogen-bond acceptors (Lipinski definition) is 4. The van der Waals surface area contributed by atoms with Crippen molar-refractivity contribution in [2.45, 2.75) is 11.8 Å². The maximum Gasteiger partial charge on any atom is 0.243 e. The van der Waals surface area contributed by atoms with Crippen LogP contribution >= 0.6 is 0 Å². The minimum atomic E-state index is -3.55. The van der Waals surface area contributed by atoms with E-state index in [0.717, 1.165) is 5.56 Å². The second-order valence-corrected chi connectivity index (χ2v) is 8.37. The van der Waals surface area contributed by atoms with Crippen molar-refractivity contribution >= 4 is 21.6 Å². The maximum atomic E-state index is 13.8. The smallest absolute Gasteiger partial charge is 0.243 e. The van der Waals surface area contributed by atoms with Crippen molar-refractivity contribution in [2.24, 2.45) is 0 Å². The lowest BCUT2D eigenvalue weighted by Gasteiger charge is -2.34. The van der Waals surface area contributed by atoms with E-state index in [9.17, 15) is 17.6 Å². The molecule has 2 aromatic carbocycles. The van der Waals surface area contributed by atoms with Crippen LogP contribution in [-0.2, 0) is 14.8 Å². The van der Waals surface area contributed by atoms with Gasteiger partial charge in [-0.1, -0.05) is 24.3 Å². The molecule has 1 saturated heterocycles. The fraction of sp³-hybridized carbons (Fsp3) is 0.316. The van der Waals surface area contributed by atoms with Crippen LogP contribution in [-0.4, -0.2) is 56.3 Å². The lowest BCUT2D eigenvalue weighted by molar-refractivity contribution is -0.130. The van der Waals surface area contributed by atoms with Gasteiger partial charge in [0.2, 0.25) is 15.9 Å². The number of carbonyl (C=O) groups excluding carboxylic acids is 1. The third kappa shape index (κ3) is 4.45. The van der Waals surface area contributed by atoms with Gasteiger partial charge in [-0.25, -0.2) is 12.8 Å². The van der Waals surface area contributed by atoms with Crippen molar-refractivity contribution in [3.8, 4) is 0 Å². The van der Waals surface area contributed by atoms with Crippen LogP contribution in [0.3, 0.4) is 0 Å². The summed E-state index contributed by atoms with van der Waals surface area (Å²) in [4.78, 5) is 14.2. The van der Waals surface area contributed by atoms with Gasteiger partial charge in [-0.15, -0.1) is 0 Å². The van der Waals surface area contributed by atoms with Gasteiger partial charge in [0.25, 0.3) is 0 Å². The number of rotatable bonds is 5. The predicted molar refractivity (Wildman–Crippen MR) is 101 cm³/mol. The first-order valence-corrected chi connectivity index (χ1v) is 10.1. The largest absolute Gasteiger partial charge is 0.374 e. The standard InChI is InChI=1S/C19H22FN3O3S/c1-15-7-8-18(17(20)13-15)21-14-19(24)22-9-11-23(12-10-22)27(25,26)16-5-3-2-4-6-16/h2-8,13,21H,9-12,14H2,1H3. The first kappa shape index (κ1) is 19.3. The van der Waals surface area contributed by atoms with Crippen LogP contribution in [0, 0.1) is 12.7 Å². The Labute approximate surface area is 158 Å². The molecule has 1 N–H and O–H groups in total. The fourth-order valence-electron chi connectivity index (χ4n) is 2.97. The molecular formula is C19H22FN3O3S. The van der Waals surface area contributed by atoms with Crippen LogP contribution < -0.4 is 5.32 Å². The van der Waals surface area contributed by atoms with Crippen LogP contribution in [0.1, 0.15) is 5.56 Å². The number of nitrogens with zero attached hydrogens (tertiary/aromatic N) is 2. The highest BCUT2D eigenvalue weighted by molar-refractivity contribution is 7.89. The Morgan fingerprint density at radius 1 is 1.07 bits per heavy atom. The molecule has 1 aliphatic rings. The van der Waals surface area contributed by atoms with Crippen LogP contribution in [0.5, 0.6) is 0 Å². The van der Waals surface area contributed by atoms with E-state index in [1.807, 2.05) is 0 Å². The van der Waals surface area contributed by atoms with E-state index < -0.39 is 15.8 Å². The monoisotopic (exact) mass is 391 g/mol. The number of nitrogens with one attached hydrogen (secondary N) is 1. The first-order chi connectivity index (χ1) is 12.9. The number of piperazine rings is 1. The number of sulfonamides is 1. The number of aryl methyl sites for hydroxylation is 1. The Morgan fingerprint density at radius 2 is 1.74 bits per heavy atom. The zero-order valence-corrected chi connectivity index (χ0v) is 15.9. The fourth-order valence-corrected chi connectivity index (χ4v) is 4.41. The second-order valence-electron chi connectivity index (χ2n) is 6.43. The molecule has 0 spiro atoms. The van der Waals surface area contributed by atoms with Crippen LogP contribution in [0.25, 0.3) is 0 Å². The molecule has 0 saturated carbocycles.